The van der Waals surface area contributed by atoms with Crippen molar-refractivity contribution in [1.29, 1.82) is 0 Å². The third-order valence-electron chi connectivity index (χ3n) is 5.82. The van der Waals surface area contributed by atoms with Gasteiger partial charge in [0.25, 0.3) is 0 Å². The van der Waals surface area contributed by atoms with E-state index in [9.17, 15) is 9.90 Å². The van der Waals surface area contributed by atoms with Crippen molar-refractivity contribution in [2.75, 3.05) is 13.1 Å². The third-order valence-corrected chi connectivity index (χ3v) is 5.82. The molecule has 0 radical (unpaired) electrons. The molecule has 6 nitrogen and oxygen atoms in total. The zero-order valence-electron chi connectivity index (χ0n) is 18.3. The van der Waals surface area contributed by atoms with Gasteiger partial charge in [0.15, 0.2) is 5.82 Å². The molecular formula is C26H27N3O3. The number of likely N-dealkylation sites (tertiary alicyclic amines) is 1. The average Bonchev–Trinajstić information content (AvgIpc) is 2.80. The molecule has 6 heteroatoms. The van der Waals surface area contributed by atoms with Crippen LogP contribution in [0.5, 0.6) is 0 Å². The van der Waals surface area contributed by atoms with Crippen LogP contribution in [-0.4, -0.2) is 44.8 Å². The normalized spacial score (nSPS) is 15.9. The molecule has 2 aromatic carbocycles. The Balaban J connectivity index is 1.38. The average molecular weight is 430 g/mol. The number of nitrogens with zero attached hydrogens (tertiary/aromatic N) is 3. The summed E-state index contributed by atoms with van der Waals surface area (Å²) < 4.78 is 5.35. The van der Waals surface area contributed by atoms with E-state index in [1.54, 1.807) is 18.5 Å². The van der Waals surface area contributed by atoms with Gasteiger partial charge in [0.05, 0.1) is 13.1 Å². The van der Waals surface area contributed by atoms with Crippen LogP contribution < -0.4 is 0 Å². The van der Waals surface area contributed by atoms with E-state index in [0.29, 0.717) is 5.82 Å². The number of β-amino-alcohol motifs (C(OH)–C–C–N with tert-alkyl or cyclic N) is 1. The fourth-order valence-corrected chi connectivity index (χ4v) is 3.72. The maximum Gasteiger partial charge on any atom is 0.410 e. The fraction of sp³-hybridized carbons (Fsp3) is 0.269. The lowest BCUT2D eigenvalue weighted by molar-refractivity contribution is -0.111. The van der Waals surface area contributed by atoms with Gasteiger partial charge in [-0.3, -0.25) is 0 Å². The quantitative estimate of drug-likeness (QED) is 0.625. The summed E-state index contributed by atoms with van der Waals surface area (Å²) in [4.78, 5) is 22.6. The second-order valence-corrected chi connectivity index (χ2v) is 8.31. The number of carbonyl (C=O) groups is 1. The Morgan fingerprint density at radius 2 is 1.88 bits per heavy atom. The maximum atomic E-state index is 12.3. The Morgan fingerprint density at radius 1 is 1.16 bits per heavy atom. The SMILES string of the molecule is Cc1ccc(/C=C/C(C)C2(O)CN(C(=O)OCc3ccccc3)C2)c(-c2ncccn2)c1. The van der Waals surface area contributed by atoms with Crippen molar-refractivity contribution in [3.05, 3.63) is 89.8 Å². The molecule has 1 atom stereocenters. The molecule has 0 bridgehead atoms. The fourth-order valence-electron chi connectivity index (χ4n) is 3.72. The first-order chi connectivity index (χ1) is 15.4. The first kappa shape index (κ1) is 21.7. The van der Waals surface area contributed by atoms with Crippen LogP contribution in [0, 0.1) is 12.8 Å². The predicted octanol–water partition coefficient (Wildman–Crippen LogP) is 4.48. The van der Waals surface area contributed by atoms with E-state index in [2.05, 4.69) is 16.0 Å². The van der Waals surface area contributed by atoms with Crippen LogP contribution in [0.15, 0.2) is 73.1 Å². The number of aryl methyl sites for hydroxylation is 1. The molecular weight excluding hydrogens is 402 g/mol. The van der Waals surface area contributed by atoms with E-state index in [1.165, 1.54) is 4.90 Å². The molecule has 1 aliphatic heterocycles. The number of ether oxygens (including phenoxy) is 1. The van der Waals surface area contributed by atoms with Crippen LogP contribution in [0.1, 0.15) is 23.6 Å². The third kappa shape index (κ3) is 4.86. The molecule has 0 aliphatic carbocycles. The first-order valence-corrected chi connectivity index (χ1v) is 10.7. The largest absolute Gasteiger partial charge is 0.445 e. The highest BCUT2D eigenvalue weighted by atomic mass is 16.6. The predicted molar refractivity (Wildman–Crippen MR) is 124 cm³/mol. The Kier molecular flexibility index (Phi) is 6.32. The summed E-state index contributed by atoms with van der Waals surface area (Å²) in [6.07, 6.45) is 7.01. The molecule has 32 heavy (non-hydrogen) atoms. The standard InChI is InChI=1S/C26H27N3O3/c1-19-9-11-22(23(15-19)24-27-13-6-14-28-24)12-10-20(2)26(31)17-29(18-26)25(30)32-16-21-7-4-3-5-8-21/h3-15,20,31H,16-18H2,1-2H3/b12-10+. The minimum Gasteiger partial charge on any atom is -0.445 e. The first-order valence-electron chi connectivity index (χ1n) is 10.7. The van der Waals surface area contributed by atoms with E-state index in [1.807, 2.05) is 68.5 Å². The topological polar surface area (TPSA) is 75.5 Å². The molecule has 0 spiro atoms. The Labute approximate surface area is 188 Å². The smallest absolute Gasteiger partial charge is 0.410 e. The molecule has 2 heterocycles. The second-order valence-electron chi connectivity index (χ2n) is 8.31. The molecule has 4 rings (SSSR count). The number of hydrogen-bond acceptors (Lipinski definition) is 5. The van der Waals surface area contributed by atoms with Crippen molar-refractivity contribution in [3.8, 4) is 11.4 Å². The van der Waals surface area contributed by atoms with Gasteiger partial charge in [0.1, 0.15) is 12.2 Å². The summed E-state index contributed by atoms with van der Waals surface area (Å²) in [7, 11) is 0. The van der Waals surface area contributed by atoms with Crippen molar-refractivity contribution in [3.63, 3.8) is 0 Å². The van der Waals surface area contributed by atoms with E-state index < -0.39 is 11.7 Å². The minimum atomic E-state index is -0.976. The van der Waals surface area contributed by atoms with Crippen LogP contribution in [0.2, 0.25) is 0 Å². The van der Waals surface area contributed by atoms with Crippen LogP contribution in [0.4, 0.5) is 4.79 Å². The minimum absolute atomic E-state index is 0.147. The van der Waals surface area contributed by atoms with Gasteiger partial charge in [-0.25, -0.2) is 14.8 Å². The summed E-state index contributed by atoms with van der Waals surface area (Å²) >= 11 is 0. The number of rotatable bonds is 6. The highest BCUT2D eigenvalue weighted by molar-refractivity contribution is 5.72. The van der Waals surface area contributed by atoms with Crippen LogP contribution >= 0.6 is 0 Å². The van der Waals surface area contributed by atoms with Crippen LogP contribution in [-0.2, 0) is 11.3 Å². The van der Waals surface area contributed by atoms with Gasteiger partial charge in [0, 0.05) is 23.9 Å². The highest BCUT2D eigenvalue weighted by Crippen LogP contribution is 2.32. The van der Waals surface area contributed by atoms with Crippen molar-refractivity contribution < 1.29 is 14.6 Å². The van der Waals surface area contributed by atoms with Crippen molar-refractivity contribution in [1.82, 2.24) is 14.9 Å². The Hall–Kier alpha value is -3.51. The van der Waals surface area contributed by atoms with Gasteiger partial charge in [-0.05, 0) is 30.2 Å². The number of aliphatic hydroxyl groups is 1. The lowest BCUT2D eigenvalue weighted by atomic mass is 9.81. The van der Waals surface area contributed by atoms with Crippen molar-refractivity contribution in [2.24, 2.45) is 5.92 Å². The molecule has 1 N–H and O–H groups in total. The molecule has 1 amide bonds. The monoisotopic (exact) mass is 429 g/mol. The molecule has 3 aromatic rings. The summed E-state index contributed by atoms with van der Waals surface area (Å²) in [6.45, 7) is 4.70. The zero-order valence-corrected chi connectivity index (χ0v) is 18.3. The number of amides is 1. The number of carbonyl (C=O) groups excluding carboxylic acids is 1. The highest BCUT2D eigenvalue weighted by Gasteiger charge is 2.47. The van der Waals surface area contributed by atoms with E-state index >= 15 is 0 Å². The number of hydrogen-bond donors (Lipinski definition) is 1. The van der Waals surface area contributed by atoms with Crippen molar-refractivity contribution in [2.45, 2.75) is 26.1 Å². The molecule has 164 valence electrons. The summed E-state index contributed by atoms with van der Waals surface area (Å²) in [5.41, 5.74) is 3.01. The zero-order chi connectivity index (χ0) is 22.6. The van der Waals surface area contributed by atoms with E-state index in [-0.39, 0.29) is 25.6 Å². The van der Waals surface area contributed by atoms with Gasteiger partial charge >= 0.3 is 6.09 Å². The Morgan fingerprint density at radius 3 is 2.59 bits per heavy atom. The summed E-state index contributed by atoms with van der Waals surface area (Å²) in [6, 6.07) is 17.5. The van der Waals surface area contributed by atoms with Gasteiger partial charge in [-0.1, -0.05) is 67.1 Å². The van der Waals surface area contributed by atoms with Gasteiger partial charge < -0.3 is 14.7 Å². The molecule has 1 aliphatic rings. The van der Waals surface area contributed by atoms with E-state index in [4.69, 9.17) is 4.74 Å². The van der Waals surface area contributed by atoms with Gasteiger partial charge in [-0.2, -0.15) is 0 Å². The van der Waals surface area contributed by atoms with Crippen LogP contribution in [0.25, 0.3) is 17.5 Å². The lowest BCUT2D eigenvalue weighted by Gasteiger charge is -2.48. The van der Waals surface area contributed by atoms with Crippen molar-refractivity contribution >= 4 is 12.2 Å². The Bertz CT molecular complexity index is 1090. The second kappa shape index (κ2) is 9.32. The molecule has 1 unspecified atom stereocenters. The molecule has 1 saturated heterocycles. The summed E-state index contributed by atoms with van der Waals surface area (Å²) in [5, 5.41) is 11.0. The molecule has 1 aromatic heterocycles. The van der Waals surface area contributed by atoms with Crippen LogP contribution in [0.3, 0.4) is 0 Å². The van der Waals surface area contributed by atoms with E-state index in [0.717, 1.165) is 22.3 Å². The number of benzene rings is 2. The van der Waals surface area contributed by atoms with Gasteiger partial charge in [0.2, 0.25) is 0 Å². The van der Waals surface area contributed by atoms with Gasteiger partial charge in [-0.15, -0.1) is 0 Å². The summed E-state index contributed by atoms with van der Waals surface area (Å²) in [5.74, 6) is 0.518. The molecule has 0 saturated carbocycles. The number of aromatic nitrogens is 2. The maximum absolute atomic E-state index is 12.3. The molecule has 1 fully saturated rings. The lowest BCUT2D eigenvalue weighted by Crippen LogP contribution is -2.66.